The summed E-state index contributed by atoms with van der Waals surface area (Å²) in [6, 6.07) is 15.9. The van der Waals surface area contributed by atoms with E-state index in [4.69, 9.17) is 0 Å². The number of nitrogens with zero attached hydrogens (tertiary/aromatic N) is 3. The Morgan fingerprint density at radius 3 is 2.51 bits per heavy atom. The van der Waals surface area contributed by atoms with Crippen molar-refractivity contribution in [2.24, 2.45) is 0 Å². The number of unbranched alkanes of at least 4 members (excludes halogenated alkanes) is 2. The zero-order valence-corrected chi connectivity index (χ0v) is 21.0. The maximum Gasteiger partial charge on any atom is 0.269 e. The molecule has 0 bridgehead atoms. The molecule has 184 valence electrons. The fourth-order valence-electron chi connectivity index (χ4n) is 4.30. The molecule has 2 amide bonds. The van der Waals surface area contributed by atoms with Gasteiger partial charge in [0.25, 0.3) is 21.8 Å². The first-order valence-electron chi connectivity index (χ1n) is 11.8. The van der Waals surface area contributed by atoms with E-state index in [1.54, 1.807) is 25.8 Å². The molecule has 0 saturated carbocycles. The van der Waals surface area contributed by atoms with Crippen molar-refractivity contribution in [3.05, 3.63) is 71.4 Å². The lowest BCUT2D eigenvalue weighted by Crippen LogP contribution is -2.36. The number of hydrogen-bond acceptors (Lipinski definition) is 5. The number of benzene rings is 2. The summed E-state index contributed by atoms with van der Waals surface area (Å²) in [4.78, 5) is 26.9. The van der Waals surface area contributed by atoms with Crippen LogP contribution in [0.4, 0.5) is 0 Å². The molecule has 0 aliphatic carbocycles. The van der Waals surface area contributed by atoms with Gasteiger partial charge in [0.15, 0.2) is 0 Å². The molecule has 2 heterocycles. The molecular formula is C26H30N4O4S. The lowest BCUT2D eigenvalue weighted by atomic mass is 10.1. The van der Waals surface area contributed by atoms with Crippen molar-refractivity contribution in [2.75, 3.05) is 13.6 Å². The summed E-state index contributed by atoms with van der Waals surface area (Å²) >= 11 is 0. The van der Waals surface area contributed by atoms with E-state index in [0.29, 0.717) is 6.54 Å². The van der Waals surface area contributed by atoms with Gasteiger partial charge >= 0.3 is 0 Å². The molecule has 1 aromatic heterocycles. The molecule has 35 heavy (non-hydrogen) atoms. The number of carbonyl (C=O) groups excluding carboxylic acids is 2. The van der Waals surface area contributed by atoms with Crippen molar-refractivity contribution in [3.8, 4) is 11.3 Å². The predicted molar refractivity (Wildman–Crippen MR) is 133 cm³/mol. The van der Waals surface area contributed by atoms with Crippen LogP contribution in [0.15, 0.2) is 59.5 Å². The Kier molecular flexibility index (Phi) is 7.07. The average Bonchev–Trinajstić information content (AvgIpc) is 3.39. The summed E-state index contributed by atoms with van der Waals surface area (Å²) in [6.07, 6.45) is 3.60. The van der Waals surface area contributed by atoms with E-state index in [1.807, 2.05) is 30.3 Å². The Morgan fingerprint density at radius 1 is 1.06 bits per heavy atom. The van der Waals surface area contributed by atoms with Gasteiger partial charge in [0.2, 0.25) is 0 Å². The Hall–Kier alpha value is -3.46. The van der Waals surface area contributed by atoms with Gasteiger partial charge in [-0.15, -0.1) is 0 Å². The van der Waals surface area contributed by atoms with E-state index in [0.717, 1.165) is 46.9 Å². The van der Waals surface area contributed by atoms with E-state index in [-0.39, 0.29) is 21.9 Å². The highest BCUT2D eigenvalue weighted by molar-refractivity contribution is 7.90. The van der Waals surface area contributed by atoms with Crippen LogP contribution in [0.5, 0.6) is 0 Å². The van der Waals surface area contributed by atoms with Crippen LogP contribution in [-0.4, -0.2) is 59.3 Å². The SMILES string of the molecule is CC(C)N1C(=O)c2ccc(C(=O)N(C)CCCCCc3cc(-c4ccccc4)n[nH]3)cc2S1(=O)=O. The highest BCUT2D eigenvalue weighted by Gasteiger charge is 2.43. The van der Waals surface area contributed by atoms with Gasteiger partial charge in [-0.05, 0) is 57.4 Å². The second kappa shape index (κ2) is 10.0. The summed E-state index contributed by atoms with van der Waals surface area (Å²) in [5.74, 6) is -0.810. The molecule has 3 aromatic rings. The first kappa shape index (κ1) is 24.7. The molecule has 8 nitrogen and oxygen atoms in total. The van der Waals surface area contributed by atoms with Crippen molar-refractivity contribution in [2.45, 2.75) is 50.5 Å². The number of hydrogen-bond donors (Lipinski definition) is 1. The van der Waals surface area contributed by atoms with E-state index in [9.17, 15) is 18.0 Å². The van der Waals surface area contributed by atoms with Gasteiger partial charge in [-0.1, -0.05) is 36.8 Å². The Morgan fingerprint density at radius 2 is 1.80 bits per heavy atom. The number of aromatic nitrogens is 2. The van der Waals surface area contributed by atoms with Crippen LogP contribution in [0.1, 0.15) is 59.5 Å². The quantitative estimate of drug-likeness (QED) is 0.451. The molecule has 0 spiro atoms. The molecule has 1 N–H and O–H groups in total. The third-order valence-corrected chi connectivity index (χ3v) is 8.15. The fraction of sp³-hybridized carbons (Fsp3) is 0.346. The summed E-state index contributed by atoms with van der Waals surface area (Å²) < 4.78 is 26.5. The number of fused-ring (bicyclic) bond motifs is 1. The standard InChI is InChI=1S/C26H30N4O4S/c1-18(2)30-26(32)22-14-13-20(16-24(22)35(30,33)34)25(31)29(3)15-9-5-8-12-21-17-23(28-27-21)19-10-6-4-7-11-19/h4,6-7,10-11,13-14,16-18H,5,8-9,12,15H2,1-3H3,(H,27,28). The van der Waals surface area contributed by atoms with Gasteiger partial charge in [-0.3, -0.25) is 14.7 Å². The van der Waals surface area contributed by atoms with Crippen molar-refractivity contribution in [3.63, 3.8) is 0 Å². The first-order valence-corrected chi connectivity index (χ1v) is 13.2. The van der Waals surface area contributed by atoms with Crippen molar-refractivity contribution in [1.82, 2.24) is 19.4 Å². The minimum atomic E-state index is -3.94. The molecule has 1 aliphatic heterocycles. The number of aryl methyl sites for hydroxylation is 1. The lowest BCUT2D eigenvalue weighted by Gasteiger charge is -2.19. The molecule has 0 radical (unpaired) electrons. The molecule has 0 unspecified atom stereocenters. The monoisotopic (exact) mass is 494 g/mol. The minimum Gasteiger partial charge on any atom is -0.342 e. The van der Waals surface area contributed by atoms with Gasteiger partial charge in [0, 0.05) is 36.5 Å². The zero-order valence-electron chi connectivity index (χ0n) is 20.2. The van der Waals surface area contributed by atoms with Crippen LogP contribution in [0, 0.1) is 0 Å². The van der Waals surface area contributed by atoms with E-state index < -0.39 is 22.0 Å². The first-order chi connectivity index (χ1) is 16.7. The Labute approximate surface area is 206 Å². The summed E-state index contributed by atoms with van der Waals surface area (Å²) in [6.45, 7) is 3.85. The lowest BCUT2D eigenvalue weighted by molar-refractivity contribution is 0.0790. The largest absolute Gasteiger partial charge is 0.342 e. The predicted octanol–water partition coefficient (Wildman–Crippen LogP) is 4.11. The van der Waals surface area contributed by atoms with Gasteiger partial charge in [0.1, 0.15) is 4.90 Å². The molecule has 1 aliphatic rings. The van der Waals surface area contributed by atoms with E-state index in [1.165, 1.54) is 18.2 Å². The van der Waals surface area contributed by atoms with Gasteiger partial charge < -0.3 is 4.90 Å². The van der Waals surface area contributed by atoms with Crippen LogP contribution in [0.25, 0.3) is 11.3 Å². The highest BCUT2D eigenvalue weighted by atomic mass is 32.2. The number of nitrogens with one attached hydrogen (secondary N) is 1. The number of H-pyrrole nitrogens is 1. The molecular weight excluding hydrogens is 464 g/mol. The van der Waals surface area contributed by atoms with Crippen LogP contribution >= 0.6 is 0 Å². The number of carbonyl (C=O) groups is 2. The number of aromatic amines is 1. The topological polar surface area (TPSA) is 103 Å². The zero-order chi connectivity index (χ0) is 25.2. The van der Waals surface area contributed by atoms with Crippen LogP contribution in [-0.2, 0) is 16.4 Å². The van der Waals surface area contributed by atoms with Crippen LogP contribution in [0.2, 0.25) is 0 Å². The number of sulfonamides is 1. The third kappa shape index (κ3) is 5.00. The van der Waals surface area contributed by atoms with Crippen molar-refractivity contribution in [1.29, 1.82) is 0 Å². The maximum absolute atomic E-state index is 12.9. The second-order valence-electron chi connectivity index (χ2n) is 9.09. The number of amides is 2. The maximum atomic E-state index is 12.9. The van der Waals surface area contributed by atoms with Gasteiger partial charge in [0.05, 0.1) is 11.3 Å². The second-order valence-corrected chi connectivity index (χ2v) is 10.9. The third-order valence-electron chi connectivity index (χ3n) is 6.15. The Balaban J connectivity index is 1.29. The number of rotatable bonds is 9. The smallest absolute Gasteiger partial charge is 0.269 e. The van der Waals surface area contributed by atoms with Crippen molar-refractivity contribution >= 4 is 21.8 Å². The molecule has 0 fully saturated rings. The van der Waals surface area contributed by atoms with E-state index >= 15 is 0 Å². The normalized spacial score (nSPS) is 14.4. The molecule has 4 rings (SSSR count). The van der Waals surface area contributed by atoms with Crippen molar-refractivity contribution < 1.29 is 18.0 Å². The highest BCUT2D eigenvalue weighted by Crippen LogP contribution is 2.32. The van der Waals surface area contributed by atoms with Crippen LogP contribution in [0.3, 0.4) is 0 Å². The fourth-order valence-corrected chi connectivity index (χ4v) is 6.09. The summed E-state index contributed by atoms with van der Waals surface area (Å²) in [5.41, 5.74) is 3.47. The summed E-state index contributed by atoms with van der Waals surface area (Å²) in [5, 5.41) is 7.47. The average molecular weight is 495 g/mol. The molecule has 9 heteroatoms. The summed E-state index contributed by atoms with van der Waals surface area (Å²) in [7, 11) is -2.23. The van der Waals surface area contributed by atoms with Gasteiger partial charge in [-0.25, -0.2) is 12.7 Å². The Bertz CT molecular complexity index is 1330. The minimum absolute atomic E-state index is 0.0927. The molecule has 0 saturated heterocycles. The van der Waals surface area contributed by atoms with E-state index in [2.05, 4.69) is 16.3 Å². The molecule has 0 atom stereocenters. The molecule has 2 aromatic carbocycles. The van der Waals surface area contributed by atoms with Crippen LogP contribution < -0.4 is 0 Å². The van der Waals surface area contributed by atoms with Gasteiger partial charge in [-0.2, -0.15) is 5.10 Å².